The molecule has 0 radical (unpaired) electrons. The van der Waals surface area contributed by atoms with Crippen LogP contribution in [0, 0.1) is 5.92 Å². The first-order chi connectivity index (χ1) is 3.55. The van der Waals surface area contributed by atoms with Gasteiger partial charge in [-0.15, -0.1) is 0 Å². The Morgan fingerprint density at radius 3 is 1.78 bits per heavy atom. The van der Waals surface area contributed by atoms with Gasteiger partial charge in [-0.3, -0.25) is 4.79 Å². The van der Waals surface area contributed by atoms with E-state index in [9.17, 15) is 9.59 Å². The molecule has 4 heteroatoms. The Bertz CT molecular complexity index is 124. The van der Waals surface area contributed by atoms with Crippen molar-refractivity contribution in [3.05, 3.63) is 0 Å². The van der Waals surface area contributed by atoms with Gasteiger partial charge in [0.2, 0.25) is 5.78 Å². The molecule has 0 atom stereocenters. The molecular formula is C5H9KO3. The zero-order valence-electron chi connectivity index (χ0n) is 6.84. The Kier molecular flexibility index (Phi) is 7.68. The van der Waals surface area contributed by atoms with E-state index in [0.717, 1.165) is 0 Å². The number of ketones is 1. The summed E-state index contributed by atoms with van der Waals surface area (Å²) in [6.07, 6.45) is 0. The van der Waals surface area contributed by atoms with Crippen LogP contribution in [0.4, 0.5) is 0 Å². The maximum Gasteiger partial charge on any atom is 1.00 e. The number of carbonyl (C=O) groups is 2. The number of rotatable bonds is 2. The van der Waals surface area contributed by atoms with Crippen LogP contribution < -0.4 is 51.4 Å². The molecule has 0 saturated carbocycles. The molecule has 0 bridgehead atoms. The molecule has 48 valence electrons. The molecule has 0 aliphatic heterocycles. The minimum absolute atomic E-state index is 0. The average molecular weight is 156 g/mol. The van der Waals surface area contributed by atoms with Crippen LogP contribution in [0.25, 0.3) is 0 Å². The van der Waals surface area contributed by atoms with Crippen LogP contribution in [0.15, 0.2) is 0 Å². The van der Waals surface area contributed by atoms with Crippen molar-refractivity contribution >= 4 is 11.8 Å². The molecule has 0 aliphatic carbocycles. The summed E-state index contributed by atoms with van der Waals surface area (Å²) in [5.74, 6) is -2.47. The van der Waals surface area contributed by atoms with E-state index in [-0.39, 0.29) is 52.8 Å². The summed E-state index contributed by atoms with van der Waals surface area (Å²) in [6, 6.07) is 0. The first-order valence-corrected chi connectivity index (χ1v) is 2.33. The first kappa shape index (κ1) is 12.5. The van der Waals surface area contributed by atoms with E-state index in [2.05, 4.69) is 0 Å². The Hall–Kier alpha value is 0.776. The van der Waals surface area contributed by atoms with Gasteiger partial charge in [-0.1, -0.05) is 13.8 Å². The van der Waals surface area contributed by atoms with E-state index < -0.39 is 17.7 Å². The number of carboxylic acids is 1. The molecule has 9 heavy (non-hydrogen) atoms. The van der Waals surface area contributed by atoms with Gasteiger partial charge in [0.1, 0.15) is 0 Å². The molecule has 0 aromatic carbocycles. The van der Waals surface area contributed by atoms with Crippen LogP contribution in [0.3, 0.4) is 0 Å². The van der Waals surface area contributed by atoms with Gasteiger partial charge in [0.25, 0.3) is 0 Å². The van der Waals surface area contributed by atoms with Crippen LogP contribution in [-0.4, -0.2) is 16.9 Å². The van der Waals surface area contributed by atoms with Crippen molar-refractivity contribution < 1.29 is 67.5 Å². The predicted molar refractivity (Wildman–Crippen MR) is 28.6 cm³/mol. The van der Waals surface area contributed by atoms with Gasteiger partial charge < -0.3 is 6.53 Å². The van der Waals surface area contributed by atoms with Crippen molar-refractivity contribution in [1.82, 2.24) is 0 Å². The second-order valence-electron chi connectivity index (χ2n) is 1.82. The van der Waals surface area contributed by atoms with E-state index in [1.807, 2.05) is 0 Å². The van der Waals surface area contributed by atoms with Gasteiger partial charge in [-0.25, -0.2) is 4.79 Å². The summed E-state index contributed by atoms with van der Waals surface area (Å²) in [5.41, 5.74) is 0. The fraction of sp³-hybridized carbons (Fsp3) is 0.600. The maximum absolute atomic E-state index is 10.2. The quantitative estimate of drug-likeness (QED) is 0.353. The van der Waals surface area contributed by atoms with Crippen LogP contribution in [0.2, 0.25) is 0 Å². The summed E-state index contributed by atoms with van der Waals surface area (Å²) in [7, 11) is 0. The van der Waals surface area contributed by atoms with Crippen LogP contribution in [0.1, 0.15) is 15.3 Å². The van der Waals surface area contributed by atoms with Crippen molar-refractivity contribution in [1.29, 1.82) is 0 Å². The smallest absolute Gasteiger partial charge is 1.00 e. The number of hydrogen-bond donors (Lipinski definition) is 1. The average Bonchev–Trinajstić information content (AvgIpc) is 1.64. The van der Waals surface area contributed by atoms with Crippen molar-refractivity contribution in [2.75, 3.05) is 0 Å². The number of carboxylic acid groups (broad SMARTS) is 1. The summed E-state index contributed by atoms with van der Waals surface area (Å²) < 4.78 is 0. The minimum Gasteiger partial charge on any atom is -1.00 e. The molecule has 0 rings (SSSR count). The maximum atomic E-state index is 10.2. The molecule has 0 fully saturated rings. The van der Waals surface area contributed by atoms with Crippen molar-refractivity contribution in [2.45, 2.75) is 13.8 Å². The molecule has 0 aliphatic rings. The monoisotopic (exact) mass is 156 g/mol. The van der Waals surface area contributed by atoms with E-state index in [0.29, 0.717) is 0 Å². The van der Waals surface area contributed by atoms with Crippen molar-refractivity contribution in [3.8, 4) is 0 Å². The third-order valence-corrected chi connectivity index (χ3v) is 0.735. The first-order valence-electron chi connectivity index (χ1n) is 2.33. The zero-order valence-corrected chi connectivity index (χ0v) is 8.96. The SMILES string of the molecule is CC(C)C(=O)C(=O)O.[H-].[K+]. The minimum atomic E-state index is -1.35. The van der Waals surface area contributed by atoms with Crippen molar-refractivity contribution in [3.63, 3.8) is 0 Å². The fourth-order valence-corrected chi connectivity index (χ4v) is 0.247. The molecule has 0 aromatic heterocycles. The summed E-state index contributed by atoms with van der Waals surface area (Å²) >= 11 is 0. The van der Waals surface area contributed by atoms with Crippen LogP contribution in [-0.2, 0) is 9.59 Å². The van der Waals surface area contributed by atoms with E-state index in [4.69, 9.17) is 5.11 Å². The Balaban J connectivity index is -0.000000245. The largest absolute Gasteiger partial charge is 1.00 e. The topological polar surface area (TPSA) is 54.4 Å². The van der Waals surface area contributed by atoms with E-state index >= 15 is 0 Å². The van der Waals surface area contributed by atoms with Crippen molar-refractivity contribution in [2.24, 2.45) is 5.92 Å². The second-order valence-corrected chi connectivity index (χ2v) is 1.82. The number of aliphatic carboxylic acids is 1. The summed E-state index contributed by atoms with van der Waals surface area (Å²) in [4.78, 5) is 20.0. The molecule has 0 spiro atoms. The van der Waals surface area contributed by atoms with E-state index in [1.165, 1.54) is 0 Å². The Labute approximate surface area is 97.7 Å². The van der Waals surface area contributed by atoms with Crippen LogP contribution in [0.5, 0.6) is 0 Å². The predicted octanol–water partition coefficient (Wildman–Crippen LogP) is -2.59. The normalized spacial score (nSPS) is 8.33. The number of hydrogen-bond acceptors (Lipinski definition) is 2. The molecule has 0 unspecified atom stereocenters. The van der Waals surface area contributed by atoms with Gasteiger partial charge in [-0.05, 0) is 0 Å². The number of Topliss-reactive ketones (excluding diaryl/α,β-unsaturated/α-hetero) is 1. The molecule has 0 amide bonds. The molecular weight excluding hydrogens is 147 g/mol. The molecule has 0 heterocycles. The fourth-order valence-electron chi connectivity index (χ4n) is 0.247. The standard InChI is InChI=1S/C5H8O3.K.H/c1-3(2)4(6)5(7)8;;/h3H,1-2H3,(H,7,8);;/q;+1;-1. The molecule has 3 nitrogen and oxygen atoms in total. The molecule has 1 N–H and O–H groups in total. The summed E-state index contributed by atoms with van der Waals surface area (Å²) in [6.45, 7) is 3.10. The molecule has 0 saturated heterocycles. The van der Waals surface area contributed by atoms with Gasteiger partial charge in [-0.2, -0.15) is 0 Å². The van der Waals surface area contributed by atoms with Crippen LogP contribution >= 0.6 is 0 Å². The van der Waals surface area contributed by atoms with Gasteiger partial charge in [0.15, 0.2) is 0 Å². The van der Waals surface area contributed by atoms with Gasteiger partial charge in [0, 0.05) is 5.92 Å². The van der Waals surface area contributed by atoms with E-state index in [1.54, 1.807) is 13.8 Å². The third-order valence-electron chi connectivity index (χ3n) is 0.735. The van der Waals surface area contributed by atoms with Gasteiger partial charge >= 0.3 is 57.4 Å². The Morgan fingerprint density at radius 1 is 1.44 bits per heavy atom. The second kappa shape index (κ2) is 5.55. The van der Waals surface area contributed by atoms with Gasteiger partial charge in [0.05, 0.1) is 0 Å². The summed E-state index contributed by atoms with van der Waals surface area (Å²) in [5, 5.41) is 8.00. The Morgan fingerprint density at radius 2 is 1.78 bits per heavy atom. The third kappa shape index (κ3) is 5.23. The molecule has 0 aromatic rings. The number of carbonyl (C=O) groups excluding carboxylic acids is 1. The zero-order chi connectivity index (χ0) is 6.73.